The van der Waals surface area contributed by atoms with Gasteiger partial charge in [-0.1, -0.05) is 19.8 Å². The summed E-state index contributed by atoms with van der Waals surface area (Å²) in [4.78, 5) is 11.6. The molecule has 0 bridgehead atoms. The average Bonchev–Trinajstić information content (AvgIpc) is 2.30. The van der Waals surface area contributed by atoms with Gasteiger partial charge < -0.3 is 11.1 Å². The Kier molecular flexibility index (Phi) is 11.1. The van der Waals surface area contributed by atoms with E-state index in [0.29, 0.717) is 13.0 Å². The Hall–Kier alpha value is -0.220. The highest BCUT2D eigenvalue weighted by atomic mass is 32.2. The summed E-state index contributed by atoms with van der Waals surface area (Å²) in [7, 11) is 0. The molecule has 96 valence electrons. The Balaban J connectivity index is 3.57. The second-order valence-electron chi connectivity index (χ2n) is 4.09. The fraction of sp³-hybridized carbons (Fsp3) is 0.917. The van der Waals surface area contributed by atoms with E-state index in [0.717, 1.165) is 37.9 Å². The van der Waals surface area contributed by atoms with Crippen LogP contribution in [0.15, 0.2) is 0 Å². The molecule has 3 N–H and O–H groups in total. The van der Waals surface area contributed by atoms with E-state index in [1.807, 2.05) is 11.8 Å². The molecule has 0 radical (unpaired) electrons. The van der Waals surface area contributed by atoms with E-state index in [1.165, 1.54) is 0 Å². The summed E-state index contributed by atoms with van der Waals surface area (Å²) in [6, 6.07) is 0.174. The van der Waals surface area contributed by atoms with Gasteiger partial charge in [0.2, 0.25) is 5.91 Å². The number of hydrogen-bond acceptors (Lipinski definition) is 3. The summed E-state index contributed by atoms with van der Waals surface area (Å²) in [5.41, 5.74) is 5.62. The van der Waals surface area contributed by atoms with Crippen LogP contribution in [0.3, 0.4) is 0 Å². The van der Waals surface area contributed by atoms with E-state index >= 15 is 0 Å². The van der Waals surface area contributed by atoms with Gasteiger partial charge in [0.25, 0.3) is 0 Å². The molecular formula is C12H26N2OS. The number of amides is 1. The van der Waals surface area contributed by atoms with Crippen molar-refractivity contribution in [2.24, 2.45) is 5.73 Å². The third kappa shape index (κ3) is 9.04. The number of thioether (sulfide) groups is 1. The molecule has 1 atom stereocenters. The standard InChI is InChI=1S/C12H26N2OS/c1-3-4-7-11(10-13)14-12(15)8-5-6-9-16-2/h11H,3-10,13H2,1-2H3,(H,14,15). The average molecular weight is 246 g/mol. The van der Waals surface area contributed by atoms with E-state index in [4.69, 9.17) is 5.73 Å². The first-order valence-electron chi connectivity index (χ1n) is 6.23. The highest BCUT2D eigenvalue weighted by molar-refractivity contribution is 7.98. The molecule has 0 heterocycles. The zero-order valence-corrected chi connectivity index (χ0v) is 11.4. The zero-order chi connectivity index (χ0) is 12.2. The third-order valence-electron chi connectivity index (χ3n) is 2.56. The van der Waals surface area contributed by atoms with E-state index in [9.17, 15) is 4.79 Å². The lowest BCUT2D eigenvalue weighted by atomic mass is 10.1. The Morgan fingerprint density at radius 2 is 2.12 bits per heavy atom. The number of carbonyl (C=O) groups is 1. The van der Waals surface area contributed by atoms with Crippen LogP contribution in [0.5, 0.6) is 0 Å². The molecule has 0 aromatic heterocycles. The van der Waals surface area contributed by atoms with Gasteiger partial charge in [-0.25, -0.2) is 0 Å². The molecule has 0 aliphatic carbocycles. The van der Waals surface area contributed by atoms with Crippen LogP contribution in [0.1, 0.15) is 45.4 Å². The number of unbranched alkanes of at least 4 members (excludes halogenated alkanes) is 2. The molecule has 16 heavy (non-hydrogen) atoms. The number of rotatable bonds is 10. The van der Waals surface area contributed by atoms with E-state index < -0.39 is 0 Å². The lowest BCUT2D eigenvalue weighted by molar-refractivity contribution is -0.121. The van der Waals surface area contributed by atoms with Crippen LogP contribution in [0, 0.1) is 0 Å². The number of nitrogens with two attached hydrogens (primary N) is 1. The van der Waals surface area contributed by atoms with Crippen molar-refractivity contribution in [2.45, 2.75) is 51.5 Å². The summed E-state index contributed by atoms with van der Waals surface area (Å²) in [6.45, 7) is 2.70. The van der Waals surface area contributed by atoms with Gasteiger partial charge in [-0.2, -0.15) is 11.8 Å². The Bertz CT molecular complexity index is 176. The first-order chi connectivity index (χ1) is 7.74. The summed E-state index contributed by atoms with van der Waals surface area (Å²) < 4.78 is 0. The van der Waals surface area contributed by atoms with Crippen molar-refractivity contribution in [3.8, 4) is 0 Å². The van der Waals surface area contributed by atoms with Gasteiger partial charge in [0.05, 0.1) is 0 Å². The molecule has 0 saturated heterocycles. The van der Waals surface area contributed by atoms with Crippen molar-refractivity contribution < 1.29 is 4.79 Å². The summed E-state index contributed by atoms with van der Waals surface area (Å²) in [5.74, 6) is 1.30. The topological polar surface area (TPSA) is 55.1 Å². The van der Waals surface area contributed by atoms with Crippen LogP contribution >= 0.6 is 11.8 Å². The SMILES string of the molecule is CCCCC(CN)NC(=O)CCCCSC. The molecule has 0 aliphatic heterocycles. The predicted molar refractivity (Wildman–Crippen MR) is 72.7 cm³/mol. The second-order valence-corrected chi connectivity index (χ2v) is 5.08. The Morgan fingerprint density at radius 1 is 1.38 bits per heavy atom. The summed E-state index contributed by atoms with van der Waals surface area (Å²) in [6.07, 6.45) is 8.13. The fourth-order valence-electron chi connectivity index (χ4n) is 1.53. The van der Waals surface area contributed by atoms with Gasteiger partial charge >= 0.3 is 0 Å². The first-order valence-corrected chi connectivity index (χ1v) is 7.62. The molecule has 0 fully saturated rings. The van der Waals surface area contributed by atoms with Gasteiger partial charge in [0.15, 0.2) is 0 Å². The molecular weight excluding hydrogens is 220 g/mol. The van der Waals surface area contributed by atoms with Crippen molar-refractivity contribution in [1.29, 1.82) is 0 Å². The molecule has 1 unspecified atom stereocenters. The van der Waals surface area contributed by atoms with Crippen LogP contribution in [0.25, 0.3) is 0 Å². The van der Waals surface area contributed by atoms with Gasteiger partial charge in [-0.05, 0) is 31.3 Å². The second kappa shape index (κ2) is 11.3. The first kappa shape index (κ1) is 15.8. The monoisotopic (exact) mass is 246 g/mol. The molecule has 0 aromatic carbocycles. The molecule has 1 amide bonds. The predicted octanol–water partition coefficient (Wildman–Crippen LogP) is 2.15. The normalized spacial score (nSPS) is 12.4. The van der Waals surface area contributed by atoms with Gasteiger partial charge in [-0.3, -0.25) is 4.79 Å². The minimum Gasteiger partial charge on any atom is -0.352 e. The van der Waals surface area contributed by atoms with Crippen molar-refractivity contribution in [1.82, 2.24) is 5.32 Å². The van der Waals surface area contributed by atoms with Crippen molar-refractivity contribution in [3.63, 3.8) is 0 Å². The van der Waals surface area contributed by atoms with Crippen molar-refractivity contribution in [3.05, 3.63) is 0 Å². The summed E-state index contributed by atoms with van der Waals surface area (Å²) in [5, 5.41) is 3.01. The van der Waals surface area contributed by atoms with Gasteiger partial charge in [-0.15, -0.1) is 0 Å². The maximum absolute atomic E-state index is 11.6. The molecule has 3 nitrogen and oxygen atoms in total. The highest BCUT2D eigenvalue weighted by Crippen LogP contribution is 2.04. The minimum atomic E-state index is 0.160. The van der Waals surface area contributed by atoms with Crippen LogP contribution in [0.4, 0.5) is 0 Å². The maximum Gasteiger partial charge on any atom is 0.220 e. The summed E-state index contributed by atoms with van der Waals surface area (Å²) >= 11 is 1.83. The van der Waals surface area contributed by atoms with Crippen molar-refractivity contribution in [2.75, 3.05) is 18.6 Å². The number of carbonyl (C=O) groups excluding carboxylic acids is 1. The molecule has 0 saturated carbocycles. The molecule has 4 heteroatoms. The zero-order valence-electron chi connectivity index (χ0n) is 10.6. The van der Waals surface area contributed by atoms with Crippen LogP contribution < -0.4 is 11.1 Å². The highest BCUT2D eigenvalue weighted by Gasteiger charge is 2.09. The largest absolute Gasteiger partial charge is 0.352 e. The molecule has 0 spiro atoms. The van der Waals surface area contributed by atoms with Crippen LogP contribution in [-0.4, -0.2) is 30.5 Å². The Labute approximate surface area is 104 Å². The van der Waals surface area contributed by atoms with E-state index in [-0.39, 0.29) is 11.9 Å². The minimum absolute atomic E-state index is 0.160. The number of nitrogens with one attached hydrogen (secondary N) is 1. The van der Waals surface area contributed by atoms with Crippen LogP contribution in [-0.2, 0) is 4.79 Å². The third-order valence-corrected chi connectivity index (χ3v) is 3.25. The lowest BCUT2D eigenvalue weighted by Crippen LogP contribution is -2.40. The molecule has 0 aliphatic rings. The van der Waals surface area contributed by atoms with Crippen molar-refractivity contribution >= 4 is 17.7 Å². The Morgan fingerprint density at radius 3 is 2.69 bits per heavy atom. The van der Waals surface area contributed by atoms with Gasteiger partial charge in [0, 0.05) is 19.0 Å². The van der Waals surface area contributed by atoms with Gasteiger partial charge in [0.1, 0.15) is 0 Å². The lowest BCUT2D eigenvalue weighted by Gasteiger charge is -2.16. The maximum atomic E-state index is 11.6. The molecule has 0 aromatic rings. The quantitative estimate of drug-likeness (QED) is 0.581. The van der Waals surface area contributed by atoms with E-state index in [1.54, 1.807) is 0 Å². The van der Waals surface area contributed by atoms with Crippen LogP contribution in [0.2, 0.25) is 0 Å². The van der Waals surface area contributed by atoms with E-state index in [2.05, 4.69) is 18.5 Å². The number of hydrogen-bond donors (Lipinski definition) is 2. The molecule has 0 rings (SSSR count). The fourth-order valence-corrected chi connectivity index (χ4v) is 2.02. The smallest absolute Gasteiger partial charge is 0.220 e.